The SMILES string of the molecule is C=CC(=O)N1CCC(CC(=O)NCCOCCOc2cc(F)ccc2-c2nnc(-c3ccc4c(c3)CCNC4)c3ccsc23)C1. The van der Waals surface area contributed by atoms with Gasteiger partial charge in [0.05, 0.1) is 17.9 Å². The Morgan fingerprint density at radius 1 is 1.11 bits per heavy atom. The number of benzene rings is 2. The van der Waals surface area contributed by atoms with Crippen LogP contribution in [0.5, 0.6) is 5.75 Å². The number of hydrogen-bond acceptors (Lipinski definition) is 8. The van der Waals surface area contributed by atoms with E-state index in [0.29, 0.717) is 49.7 Å². The van der Waals surface area contributed by atoms with Gasteiger partial charge in [-0.3, -0.25) is 9.59 Å². The lowest BCUT2D eigenvalue weighted by Crippen LogP contribution is -2.31. The number of aromatic nitrogens is 2. The molecule has 1 atom stereocenters. The Hall–Kier alpha value is -4.19. The molecule has 6 rings (SSSR count). The van der Waals surface area contributed by atoms with Crippen LogP contribution in [0.4, 0.5) is 4.39 Å². The number of ether oxygens (including phenoxy) is 2. The highest BCUT2D eigenvalue weighted by atomic mass is 32.1. The average molecular weight is 630 g/mol. The molecule has 0 aliphatic carbocycles. The molecule has 9 nitrogen and oxygen atoms in total. The van der Waals surface area contributed by atoms with Crippen LogP contribution in [0.3, 0.4) is 0 Å². The first-order chi connectivity index (χ1) is 22.0. The summed E-state index contributed by atoms with van der Waals surface area (Å²) >= 11 is 1.57. The number of nitrogens with one attached hydrogen (secondary N) is 2. The third-order valence-electron chi connectivity index (χ3n) is 8.25. The van der Waals surface area contributed by atoms with Crippen molar-refractivity contribution in [3.8, 4) is 28.3 Å². The van der Waals surface area contributed by atoms with Gasteiger partial charge in [-0.25, -0.2) is 4.39 Å². The molecule has 4 heterocycles. The Morgan fingerprint density at radius 3 is 2.89 bits per heavy atom. The number of hydrogen-bond donors (Lipinski definition) is 2. The van der Waals surface area contributed by atoms with E-state index in [1.165, 1.54) is 29.3 Å². The highest BCUT2D eigenvalue weighted by Crippen LogP contribution is 2.39. The van der Waals surface area contributed by atoms with E-state index in [0.717, 1.165) is 47.3 Å². The molecule has 0 saturated carbocycles. The number of halogens is 1. The van der Waals surface area contributed by atoms with Crippen molar-refractivity contribution < 1.29 is 23.5 Å². The molecule has 4 aromatic rings. The molecule has 2 aliphatic heterocycles. The van der Waals surface area contributed by atoms with Crippen molar-refractivity contribution in [3.05, 3.63) is 77.4 Å². The summed E-state index contributed by atoms with van der Waals surface area (Å²) < 4.78 is 26.9. The van der Waals surface area contributed by atoms with Gasteiger partial charge in [0.2, 0.25) is 11.8 Å². The first-order valence-electron chi connectivity index (χ1n) is 15.3. The third-order valence-corrected chi connectivity index (χ3v) is 9.17. The fourth-order valence-electron chi connectivity index (χ4n) is 5.94. The van der Waals surface area contributed by atoms with E-state index < -0.39 is 5.82 Å². The zero-order valence-electron chi connectivity index (χ0n) is 25.0. The lowest BCUT2D eigenvalue weighted by Gasteiger charge is -2.18. The summed E-state index contributed by atoms with van der Waals surface area (Å²) in [6.07, 6.45) is 3.47. The molecule has 1 fully saturated rings. The Kier molecular flexibility index (Phi) is 9.78. The lowest BCUT2D eigenvalue weighted by molar-refractivity contribution is -0.126. The predicted octanol–water partition coefficient (Wildman–Crippen LogP) is 4.75. The molecular weight excluding hydrogens is 593 g/mol. The number of rotatable bonds is 12. The first-order valence-corrected chi connectivity index (χ1v) is 16.1. The van der Waals surface area contributed by atoms with E-state index in [1.54, 1.807) is 22.3 Å². The summed E-state index contributed by atoms with van der Waals surface area (Å²) in [6, 6.07) is 12.9. The molecule has 2 N–H and O–H groups in total. The maximum absolute atomic E-state index is 14.3. The number of carbonyl (C=O) groups excluding carboxylic acids is 2. The largest absolute Gasteiger partial charge is 0.490 e. The third kappa shape index (κ3) is 7.22. The molecule has 11 heteroatoms. The summed E-state index contributed by atoms with van der Waals surface area (Å²) in [5.41, 5.74) is 5.81. The van der Waals surface area contributed by atoms with Gasteiger partial charge in [0.15, 0.2) is 0 Å². The number of nitrogens with zero attached hydrogens (tertiary/aromatic N) is 3. The van der Waals surface area contributed by atoms with Crippen LogP contribution in [-0.4, -0.2) is 72.9 Å². The zero-order chi connectivity index (χ0) is 31.2. The van der Waals surface area contributed by atoms with E-state index >= 15 is 0 Å². The van der Waals surface area contributed by atoms with Crippen LogP contribution in [0.2, 0.25) is 0 Å². The molecule has 1 saturated heterocycles. The van der Waals surface area contributed by atoms with Gasteiger partial charge in [-0.2, -0.15) is 0 Å². The fourth-order valence-corrected chi connectivity index (χ4v) is 6.84. The maximum Gasteiger partial charge on any atom is 0.245 e. The van der Waals surface area contributed by atoms with Gasteiger partial charge >= 0.3 is 0 Å². The van der Waals surface area contributed by atoms with Crippen LogP contribution in [0, 0.1) is 11.7 Å². The van der Waals surface area contributed by atoms with E-state index in [2.05, 4.69) is 51.7 Å². The number of fused-ring (bicyclic) bond motifs is 2. The summed E-state index contributed by atoms with van der Waals surface area (Å²) in [7, 11) is 0. The monoisotopic (exact) mass is 629 g/mol. The average Bonchev–Trinajstić information content (AvgIpc) is 3.74. The molecule has 45 heavy (non-hydrogen) atoms. The minimum Gasteiger partial charge on any atom is -0.490 e. The molecule has 2 amide bonds. The number of carbonyl (C=O) groups is 2. The zero-order valence-corrected chi connectivity index (χ0v) is 25.8. The van der Waals surface area contributed by atoms with E-state index in [1.807, 2.05) is 5.38 Å². The van der Waals surface area contributed by atoms with Gasteiger partial charge < -0.3 is 25.0 Å². The first kappa shape index (κ1) is 30.8. The normalized spacial score (nSPS) is 16.0. The standard InChI is InChI=1S/C34H36FN5O4S/c1-2-31(42)40-12-8-22(21-40)17-30(41)37-11-13-43-14-15-44-29-19-26(35)5-6-27(29)33-34-28(9-16-45-34)32(38-39-33)24-3-4-25-20-36-10-7-23(25)18-24/h2-6,9,16,18-19,22,36H,1,7-8,10-15,17,20-21H2,(H,37,41). The van der Waals surface area contributed by atoms with Crippen molar-refractivity contribution in [3.63, 3.8) is 0 Å². The highest BCUT2D eigenvalue weighted by molar-refractivity contribution is 7.17. The van der Waals surface area contributed by atoms with Crippen molar-refractivity contribution in [2.45, 2.75) is 25.8 Å². The van der Waals surface area contributed by atoms with Gasteiger partial charge in [-0.1, -0.05) is 18.7 Å². The Labute approximate surface area is 265 Å². The Balaban J connectivity index is 1.03. The number of amides is 2. The minimum atomic E-state index is -0.410. The smallest absolute Gasteiger partial charge is 0.245 e. The number of likely N-dealkylation sites (tertiary alicyclic amines) is 1. The molecule has 1 unspecified atom stereocenters. The summed E-state index contributed by atoms with van der Waals surface area (Å²) in [4.78, 5) is 25.7. The topological polar surface area (TPSA) is 106 Å². The Bertz CT molecular complexity index is 1710. The van der Waals surface area contributed by atoms with Crippen LogP contribution in [0.1, 0.15) is 24.0 Å². The second kappa shape index (κ2) is 14.3. The molecule has 0 bridgehead atoms. The molecule has 2 aromatic carbocycles. The van der Waals surface area contributed by atoms with Crippen LogP contribution < -0.4 is 15.4 Å². The van der Waals surface area contributed by atoms with Crippen molar-refractivity contribution >= 4 is 33.2 Å². The van der Waals surface area contributed by atoms with E-state index in [4.69, 9.17) is 9.47 Å². The predicted molar refractivity (Wildman–Crippen MR) is 172 cm³/mol. The summed E-state index contributed by atoms with van der Waals surface area (Å²) in [6.45, 7) is 7.74. The molecule has 0 spiro atoms. The minimum absolute atomic E-state index is 0.0619. The van der Waals surface area contributed by atoms with Gasteiger partial charge in [0, 0.05) is 55.2 Å². The molecule has 0 radical (unpaired) electrons. The molecule has 2 aliphatic rings. The van der Waals surface area contributed by atoms with Crippen LogP contribution in [0.25, 0.3) is 32.6 Å². The lowest BCUT2D eigenvalue weighted by atomic mass is 9.96. The van der Waals surface area contributed by atoms with Crippen LogP contribution in [0.15, 0.2) is 60.5 Å². The highest BCUT2D eigenvalue weighted by Gasteiger charge is 2.26. The van der Waals surface area contributed by atoms with Gasteiger partial charge in [-0.05, 0) is 72.2 Å². The summed E-state index contributed by atoms with van der Waals surface area (Å²) in [5.74, 6) is -0.0457. The quantitative estimate of drug-likeness (QED) is 0.172. The van der Waals surface area contributed by atoms with Crippen molar-refractivity contribution in [1.82, 2.24) is 25.7 Å². The van der Waals surface area contributed by atoms with Crippen LogP contribution >= 0.6 is 11.3 Å². The molecule has 2 aromatic heterocycles. The van der Waals surface area contributed by atoms with Gasteiger partial charge in [0.1, 0.15) is 29.6 Å². The van der Waals surface area contributed by atoms with Crippen molar-refractivity contribution in [1.29, 1.82) is 0 Å². The van der Waals surface area contributed by atoms with Gasteiger partial charge in [0.25, 0.3) is 0 Å². The van der Waals surface area contributed by atoms with Crippen LogP contribution in [-0.2, 0) is 27.3 Å². The van der Waals surface area contributed by atoms with E-state index in [9.17, 15) is 14.0 Å². The second-order valence-corrected chi connectivity index (χ2v) is 12.2. The van der Waals surface area contributed by atoms with Crippen molar-refractivity contribution in [2.24, 2.45) is 5.92 Å². The van der Waals surface area contributed by atoms with E-state index in [-0.39, 0.29) is 30.9 Å². The maximum atomic E-state index is 14.3. The molecule has 234 valence electrons. The number of thiophene rings is 1. The second-order valence-electron chi connectivity index (χ2n) is 11.3. The van der Waals surface area contributed by atoms with Gasteiger partial charge in [-0.15, -0.1) is 21.5 Å². The molecular formula is C34H36FN5O4S. The summed E-state index contributed by atoms with van der Waals surface area (Å²) in [5, 5.41) is 18.5. The fraction of sp³-hybridized carbons (Fsp3) is 0.353. The Morgan fingerprint density at radius 2 is 2.00 bits per heavy atom. The van der Waals surface area contributed by atoms with Crippen molar-refractivity contribution in [2.75, 3.05) is 46.0 Å².